The van der Waals surface area contributed by atoms with E-state index < -0.39 is 0 Å². The number of carbonyl (C=O) groups is 1. The topological polar surface area (TPSA) is 77.8 Å². The smallest absolute Gasteiger partial charge is 0.189 e. The van der Waals surface area contributed by atoms with Crippen molar-refractivity contribution in [3.05, 3.63) is 82.0 Å². The Labute approximate surface area is 178 Å². The van der Waals surface area contributed by atoms with Gasteiger partial charge in [0.25, 0.3) is 0 Å². The summed E-state index contributed by atoms with van der Waals surface area (Å²) in [7, 11) is 0. The molecule has 0 aromatic heterocycles. The van der Waals surface area contributed by atoms with Gasteiger partial charge < -0.3 is 15.3 Å². The van der Waals surface area contributed by atoms with E-state index in [4.69, 9.17) is 0 Å². The lowest BCUT2D eigenvalue weighted by atomic mass is 9.99. The van der Waals surface area contributed by atoms with Crippen LogP contribution in [0, 0.1) is 6.92 Å². The third-order valence-electron chi connectivity index (χ3n) is 4.89. The Bertz CT molecular complexity index is 1010. The molecule has 0 radical (unpaired) electrons. The zero-order valence-corrected chi connectivity index (χ0v) is 18.1. The van der Waals surface area contributed by atoms with E-state index in [0.29, 0.717) is 6.42 Å². The third-order valence-corrected chi connectivity index (χ3v) is 4.89. The van der Waals surface area contributed by atoms with Crippen LogP contribution in [0.25, 0.3) is 6.08 Å². The Balaban J connectivity index is 2.16. The van der Waals surface area contributed by atoms with Gasteiger partial charge in [0.2, 0.25) is 0 Å². The number of ketones is 1. The molecule has 0 heterocycles. The fourth-order valence-electron chi connectivity index (χ4n) is 3.06. The number of phenols is 3. The number of phenolic OH excluding ortho intramolecular Hbond substituents is 3. The highest BCUT2D eigenvalue weighted by molar-refractivity contribution is 6.08. The normalized spacial score (nSPS) is 11.7. The van der Waals surface area contributed by atoms with Crippen molar-refractivity contribution < 1.29 is 20.1 Å². The molecule has 0 unspecified atom stereocenters. The van der Waals surface area contributed by atoms with Gasteiger partial charge >= 0.3 is 0 Å². The molecular weight excluding hydrogens is 376 g/mol. The number of carbonyl (C=O) groups excluding carboxylic acids is 1. The first kappa shape index (κ1) is 23.0. The average Bonchev–Trinajstić information content (AvgIpc) is 2.66. The number of hydrogen-bond acceptors (Lipinski definition) is 4. The SMILES string of the molecule is CC(C)=CCCC(C)=CCc1cc(C=CC(=O)c2ccc(O)cc2O)c(C)cc1O. The molecule has 0 amide bonds. The minimum Gasteiger partial charge on any atom is -0.508 e. The first-order valence-corrected chi connectivity index (χ1v) is 10.0. The van der Waals surface area contributed by atoms with Gasteiger partial charge in [-0.15, -0.1) is 0 Å². The molecular formula is C26H30O4. The van der Waals surface area contributed by atoms with Crippen LogP contribution in [-0.2, 0) is 6.42 Å². The van der Waals surface area contributed by atoms with Crippen molar-refractivity contribution in [2.24, 2.45) is 0 Å². The second-order valence-electron chi connectivity index (χ2n) is 7.81. The van der Waals surface area contributed by atoms with Crippen molar-refractivity contribution in [2.45, 2.75) is 47.0 Å². The third kappa shape index (κ3) is 6.66. The van der Waals surface area contributed by atoms with E-state index in [1.54, 1.807) is 12.1 Å². The average molecular weight is 407 g/mol. The largest absolute Gasteiger partial charge is 0.508 e. The van der Waals surface area contributed by atoms with Crippen LogP contribution in [0.15, 0.2) is 59.7 Å². The zero-order chi connectivity index (χ0) is 22.3. The highest BCUT2D eigenvalue weighted by atomic mass is 16.3. The Kier molecular flexibility index (Phi) is 8.05. The molecule has 0 aliphatic rings. The molecule has 0 spiro atoms. The monoisotopic (exact) mass is 406 g/mol. The van der Waals surface area contributed by atoms with E-state index in [9.17, 15) is 20.1 Å². The number of benzene rings is 2. The molecule has 0 saturated heterocycles. The Morgan fingerprint density at radius 3 is 2.37 bits per heavy atom. The minimum absolute atomic E-state index is 0.101. The second kappa shape index (κ2) is 10.5. The predicted octanol–water partition coefficient (Wildman–Crippen LogP) is 6.24. The molecule has 3 N–H and O–H groups in total. The molecule has 4 nitrogen and oxygen atoms in total. The molecule has 0 aliphatic carbocycles. The standard InChI is InChI=1S/C26H30O4/c1-17(2)6-5-7-18(3)8-9-21-15-20(19(4)14-25(21)29)10-13-24(28)23-12-11-22(27)16-26(23)30/h6,8,10-16,27,29-30H,5,7,9H2,1-4H3. The number of aromatic hydroxyl groups is 3. The molecule has 0 saturated carbocycles. The Morgan fingerprint density at radius 2 is 1.70 bits per heavy atom. The summed E-state index contributed by atoms with van der Waals surface area (Å²) in [6, 6.07) is 7.46. The van der Waals surface area contributed by atoms with E-state index in [1.165, 1.54) is 29.4 Å². The van der Waals surface area contributed by atoms with E-state index in [2.05, 4.69) is 32.9 Å². The molecule has 0 bridgehead atoms. The molecule has 30 heavy (non-hydrogen) atoms. The van der Waals surface area contributed by atoms with Gasteiger partial charge in [0, 0.05) is 6.07 Å². The summed E-state index contributed by atoms with van der Waals surface area (Å²) >= 11 is 0. The minimum atomic E-state index is -0.364. The van der Waals surface area contributed by atoms with Gasteiger partial charge in [-0.25, -0.2) is 0 Å². The van der Waals surface area contributed by atoms with Gasteiger partial charge in [-0.2, -0.15) is 0 Å². The summed E-state index contributed by atoms with van der Waals surface area (Å²) in [4.78, 5) is 12.4. The molecule has 158 valence electrons. The lowest BCUT2D eigenvalue weighted by molar-refractivity contribution is 0.104. The van der Waals surface area contributed by atoms with Crippen molar-refractivity contribution in [2.75, 3.05) is 0 Å². The highest BCUT2D eigenvalue weighted by Gasteiger charge is 2.10. The van der Waals surface area contributed by atoms with Gasteiger partial charge in [-0.05, 0) is 94.0 Å². The summed E-state index contributed by atoms with van der Waals surface area (Å²) in [6.45, 7) is 8.14. The maximum absolute atomic E-state index is 12.4. The maximum atomic E-state index is 12.4. The van der Waals surface area contributed by atoms with Crippen LogP contribution in [-0.4, -0.2) is 21.1 Å². The molecule has 2 aromatic carbocycles. The van der Waals surface area contributed by atoms with E-state index in [1.807, 2.05) is 13.0 Å². The van der Waals surface area contributed by atoms with Gasteiger partial charge in [-0.3, -0.25) is 4.79 Å². The molecule has 0 fully saturated rings. The number of allylic oxidation sites excluding steroid dienone is 5. The van der Waals surface area contributed by atoms with Crippen LogP contribution in [0.4, 0.5) is 0 Å². The molecule has 0 atom stereocenters. The van der Waals surface area contributed by atoms with Gasteiger partial charge in [0.15, 0.2) is 5.78 Å². The summed E-state index contributed by atoms with van der Waals surface area (Å²) in [5.74, 6) is -0.491. The molecule has 2 aromatic rings. The van der Waals surface area contributed by atoms with Gasteiger partial charge in [0.1, 0.15) is 17.2 Å². The van der Waals surface area contributed by atoms with Crippen LogP contribution in [0.1, 0.15) is 60.7 Å². The van der Waals surface area contributed by atoms with Crippen LogP contribution in [0.2, 0.25) is 0 Å². The fraction of sp³-hybridized carbons (Fsp3) is 0.269. The molecule has 2 rings (SSSR count). The quantitative estimate of drug-likeness (QED) is 0.275. The predicted molar refractivity (Wildman–Crippen MR) is 122 cm³/mol. The Hall–Kier alpha value is -3.27. The summed E-state index contributed by atoms with van der Waals surface area (Å²) in [6.07, 6.45) is 10.00. The van der Waals surface area contributed by atoms with Crippen LogP contribution < -0.4 is 0 Å². The van der Waals surface area contributed by atoms with Crippen LogP contribution >= 0.6 is 0 Å². The van der Waals surface area contributed by atoms with Crippen LogP contribution in [0.3, 0.4) is 0 Å². The summed E-state index contributed by atoms with van der Waals surface area (Å²) in [5.41, 5.74) is 5.16. The van der Waals surface area contributed by atoms with Gasteiger partial charge in [0.05, 0.1) is 5.56 Å². The highest BCUT2D eigenvalue weighted by Crippen LogP contribution is 2.26. The van der Waals surface area contributed by atoms with Crippen molar-refractivity contribution in [1.82, 2.24) is 0 Å². The molecule has 4 heteroatoms. The van der Waals surface area contributed by atoms with E-state index in [-0.39, 0.29) is 28.6 Å². The first-order chi connectivity index (χ1) is 14.2. The lowest BCUT2D eigenvalue weighted by Crippen LogP contribution is -1.95. The summed E-state index contributed by atoms with van der Waals surface area (Å²) < 4.78 is 0. The fourth-order valence-corrected chi connectivity index (χ4v) is 3.06. The number of hydrogen-bond donors (Lipinski definition) is 3. The first-order valence-electron chi connectivity index (χ1n) is 10.0. The number of aryl methyl sites for hydroxylation is 1. The van der Waals surface area contributed by atoms with E-state index >= 15 is 0 Å². The van der Waals surface area contributed by atoms with Crippen molar-refractivity contribution in [3.63, 3.8) is 0 Å². The summed E-state index contributed by atoms with van der Waals surface area (Å²) in [5, 5.41) is 29.5. The van der Waals surface area contributed by atoms with Crippen LogP contribution in [0.5, 0.6) is 17.2 Å². The second-order valence-corrected chi connectivity index (χ2v) is 7.81. The maximum Gasteiger partial charge on any atom is 0.189 e. The number of rotatable bonds is 8. The molecule has 0 aliphatic heterocycles. The van der Waals surface area contributed by atoms with Crippen molar-refractivity contribution in [3.8, 4) is 17.2 Å². The zero-order valence-electron chi connectivity index (χ0n) is 18.1. The Morgan fingerprint density at radius 1 is 0.967 bits per heavy atom. The lowest BCUT2D eigenvalue weighted by Gasteiger charge is -2.08. The van der Waals surface area contributed by atoms with Crippen molar-refractivity contribution >= 4 is 11.9 Å². The van der Waals surface area contributed by atoms with Gasteiger partial charge in [-0.1, -0.05) is 29.4 Å². The van der Waals surface area contributed by atoms with Crippen molar-refractivity contribution in [1.29, 1.82) is 0 Å². The van der Waals surface area contributed by atoms with E-state index in [0.717, 1.165) is 35.6 Å².